The van der Waals surface area contributed by atoms with Gasteiger partial charge in [0.05, 0.1) is 17.5 Å². The van der Waals surface area contributed by atoms with Gasteiger partial charge in [0, 0.05) is 7.05 Å². The maximum atomic E-state index is 9.92. The Morgan fingerprint density at radius 2 is 2.23 bits per heavy atom. The van der Waals surface area contributed by atoms with Crippen LogP contribution in [0.4, 0.5) is 0 Å². The van der Waals surface area contributed by atoms with Crippen molar-refractivity contribution in [1.82, 2.24) is 9.78 Å². The minimum absolute atomic E-state index is 0.287. The van der Waals surface area contributed by atoms with Crippen LogP contribution in [0.2, 0.25) is 0 Å². The van der Waals surface area contributed by atoms with E-state index in [2.05, 4.69) is 12.0 Å². The predicted octanol–water partition coefficient (Wildman–Crippen LogP) is 1.81. The number of aryl methyl sites for hydroxylation is 2. The highest BCUT2D eigenvalue weighted by Gasteiger charge is 2.18. The molecule has 1 N–H and O–H groups in total. The molecule has 3 nitrogen and oxygen atoms in total. The second-order valence-corrected chi connectivity index (χ2v) is 3.66. The van der Waals surface area contributed by atoms with Crippen LogP contribution in [0.15, 0.2) is 6.07 Å². The van der Waals surface area contributed by atoms with Crippen LogP contribution in [0.3, 0.4) is 0 Å². The van der Waals surface area contributed by atoms with E-state index in [4.69, 9.17) is 0 Å². The van der Waals surface area contributed by atoms with Crippen molar-refractivity contribution >= 4 is 0 Å². The fourth-order valence-electron chi connectivity index (χ4n) is 1.42. The summed E-state index contributed by atoms with van der Waals surface area (Å²) in [5, 5.41) is 14.1. The zero-order valence-corrected chi connectivity index (χ0v) is 8.78. The summed E-state index contributed by atoms with van der Waals surface area (Å²) in [6.07, 6.45) is 0.585. The van der Waals surface area contributed by atoms with Crippen molar-refractivity contribution in [2.45, 2.75) is 33.3 Å². The van der Waals surface area contributed by atoms with Crippen molar-refractivity contribution in [3.8, 4) is 0 Å². The van der Waals surface area contributed by atoms with Gasteiger partial charge in [0.2, 0.25) is 0 Å². The van der Waals surface area contributed by atoms with Crippen LogP contribution in [0, 0.1) is 12.8 Å². The van der Waals surface area contributed by atoms with Gasteiger partial charge in [0.1, 0.15) is 0 Å². The molecular formula is C10H18N2O. The first-order valence-electron chi connectivity index (χ1n) is 4.74. The van der Waals surface area contributed by atoms with Crippen LogP contribution in [0.1, 0.15) is 37.8 Å². The predicted molar refractivity (Wildman–Crippen MR) is 52.4 cm³/mol. The van der Waals surface area contributed by atoms with Crippen molar-refractivity contribution < 1.29 is 5.11 Å². The number of aromatic nitrogens is 2. The topological polar surface area (TPSA) is 38.1 Å². The van der Waals surface area contributed by atoms with Gasteiger partial charge in [-0.05, 0) is 18.9 Å². The summed E-state index contributed by atoms with van der Waals surface area (Å²) in [5.74, 6) is 0.287. The maximum absolute atomic E-state index is 9.92. The Morgan fingerprint density at radius 3 is 2.62 bits per heavy atom. The highest BCUT2D eigenvalue weighted by molar-refractivity contribution is 5.11. The molecule has 2 unspecified atom stereocenters. The standard InChI is InChI=1S/C10H18N2O/c1-5-7(2)10(13)9-6-8(3)11-12(9)4/h6-7,10,13H,5H2,1-4H3. The Hall–Kier alpha value is -0.830. The third-order valence-electron chi connectivity index (χ3n) is 2.52. The molecule has 0 aliphatic carbocycles. The molecular weight excluding hydrogens is 164 g/mol. The molecule has 0 aromatic carbocycles. The number of hydrogen-bond donors (Lipinski definition) is 1. The van der Waals surface area contributed by atoms with Crippen molar-refractivity contribution in [2.24, 2.45) is 13.0 Å². The smallest absolute Gasteiger partial charge is 0.0981 e. The average Bonchev–Trinajstić information content (AvgIpc) is 2.42. The van der Waals surface area contributed by atoms with Gasteiger partial charge in [-0.15, -0.1) is 0 Å². The van der Waals surface area contributed by atoms with E-state index < -0.39 is 6.10 Å². The van der Waals surface area contributed by atoms with Crippen LogP contribution in [-0.4, -0.2) is 14.9 Å². The van der Waals surface area contributed by atoms with Crippen LogP contribution < -0.4 is 0 Å². The molecule has 0 saturated heterocycles. The molecule has 0 fully saturated rings. The summed E-state index contributed by atoms with van der Waals surface area (Å²) in [4.78, 5) is 0. The van der Waals surface area contributed by atoms with Gasteiger partial charge in [0.15, 0.2) is 0 Å². The van der Waals surface area contributed by atoms with E-state index in [1.54, 1.807) is 4.68 Å². The number of nitrogens with zero attached hydrogens (tertiary/aromatic N) is 2. The molecule has 0 bridgehead atoms. The zero-order chi connectivity index (χ0) is 10.0. The normalized spacial score (nSPS) is 15.8. The molecule has 1 aromatic heterocycles. The molecule has 0 aliphatic heterocycles. The monoisotopic (exact) mass is 182 g/mol. The minimum Gasteiger partial charge on any atom is -0.387 e. The first-order chi connectivity index (χ1) is 6.06. The second-order valence-electron chi connectivity index (χ2n) is 3.66. The lowest BCUT2D eigenvalue weighted by molar-refractivity contribution is 0.107. The average molecular weight is 182 g/mol. The van der Waals surface area contributed by atoms with E-state index in [9.17, 15) is 5.11 Å². The van der Waals surface area contributed by atoms with Gasteiger partial charge >= 0.3 is 0 Å². The van der Waals surface area contributed by atoms with Gasteiger partial charge in [-0.2, -0.15) is 5.10 Å². The Labute approximate surface area is 79.4 Å². The fraction of sp³-hybridized carbons (Fsp3) is 0.700. The van der Waals surface area contributed by atoms with Gasteiger partial charge in [-0.25, -0.2) is 0 Å². The minimum atomic E-state index is -0.392. The maximum Gasteiger partial charge on any atom is 0.0981 e. The number of aliphatic hydroxyl groups is 1. The molecule has 1 rings (SSSR count). The summed E-state index contributed by atoms with van der Waals surface area (Å²) in [5.41, 5.74) is 1.87. The summed E-state index contributed by atoms with van der Waals surface area (Å²) < 4.78 is 1.76. The van der Waals surface area contributed by atoms with Crippen LogP contribution >= 0.6 is 0 Å². The molecule has 1 heterocycles. The molecule has 74 valence electrons. The van der Waals surface area contributed by atoms with Crippen molar-refractivity contribution in [2.75, 3.05) is 0 Å². The molecule has 1 aromatic rings. The Kier molecular flexibility index (Phi) is 3.09. The van der Waals surface area contributed by atoms with Gasteiger partial charge in [0.25, 0.3) is 0 Å². The SMILES string of the molecule is CCC(C)C(O)c1cc(C)nn1C. The van der Waals surface area contributed by atoms with Gasteiger partial charge in [-0.1, -0.05) is 20.3 Å². The summed E-state index contributed by atoms with van der Waals surface area (Å²) >= 11 is 0. The van der Waals surface area contributed by atoms with E-state index in [0.29, 0.717) is 0 Å². The molecule has 0 spiro atoms. The lowest BCUT2D eigenvalue weighted by atomic mass is 9.99. The van der Waals surface area contributed by atoms with Crippen molar-refractivity contribution in [1.29, 1.82) is 0 Å². The highest BCUT2D eigenvalue weighted by atomic mass is 16.3. The molecule has 13 heavy (non-hydrogen) atoms. The third-order valence-corrected chi connectivity index (χ3v) is 2.52. The number of aliphatic hydroxyl groups excluding tert-OH is 1. The quantitative estimate of drug-likeness (QED) is 0.774. The van der Waals surface area contributed by atoms with E-state index in [1.165, 1.54) is 0 Å². The van der Waals surface area contributed by atoms with Crippen molar-refractivity contribution in [3.63, 3.8) is 0 Å². The van der Waals surface area contributed by atoms with Gasteiger partial charge < -0.3 is 5.11 Å². The van der Waals surface area contributed by atoms with E-state index >= 15 is 0 Å². The van der Waals surface area contributed by atoms with E-state index in [-0.39, 0.29) is 5.92 Å². The largest absolute Gasteiger partial charge is 0.387 e. The lowest BCUT2D eigenvalue weighted by Gasteiger charge is -2.16. The Morgan fingerprint density at radius 1 is 1.62 bits per heavy atom. The summed E-state index contributed by atoms with van der Waals surface area (Å²) in [7, 11) is 1.87. The van der Waals surface area contributed by atoms with Crippen LogP contribution in [-0.2, 0) is 7.05 Å². The molecule has 3 heteroatoms. The highest BCUT2D eigenvalue weighted by Crippen LogP contribution is 2.23. The molecule has 0 aliphatic rings. The zero-order valence-electron chi connectivity index (χ0n) is 8.78. The number of hydrogen-bond acceptors (Lipinski definition) is 2. The van der Waals surface area contributed by atoms with Gasteiger partial charge in [-0.3, -0.25) is 4.68 Å². The van der Waals surface area contributed by atoms with E-state index in [0.717, 1.165) is 17.8 Å². The molecule has 0 radical (unpaired) electrons. The van der Waals surface area contributed by atoms with E-state index in [1.807, 2.05) is 27.0 Å². The fourth-order valence-corrected chi connectivity index (χ4v) is 1.42. The van der Waals surface area contributed by atoms with Crippen molar-refractivity contribution in [3.05, 3.63) is 17.5 Å². The first kappa shape index (κ1) is 10.3. The van der Waals surface area contributed by atoms with Crippen LogP contribution in [0.25, 0.3) is 0 Å². The summed E-state index contributed by atoms with van der Waals surface area (Å²) in [6.45, 7) is 6.07. The molecule has 2 atom stereocenters. The second kappa shape index (κ2) is 3.92. The first-order valence-corrected chi connectivity index (χ1v) is 4.74. The van der Waals surface area contributed by atoms with Crippen LogP contribution in [0.5, 0.6) is 0 Å². The Balaban J connectivity index is 2.87. The molecule has 0 saturated carbocycles. The third kappa shape index (κ3) is 2.10. The molecule has 0 amide bonds. The lowest BCUT2D eigenvalue weighted by Crippen LogP contribution is -2.12. The summed E-state index contributed by atoms with van der Waals surface area (Å²) in [6, 6.07) is 1.94. The Bertz CT molecular complexity index is 280. The number of rotatable bonds is 3.